The molecule has 1 amide bonds. The maximum atomic E-state index is 13.3. The number of benzene rings is 2. The number of carbonyl (C=O) groups is 2. The molecule has 0 radical (unpaired) electrons. The number of hydrogen-bond acceptors (Lipinski definition) is 5. The largest absolute Gasteiger partial charge is 0.497 e. The molecule has 2 aromatic carbocycles. The second kappa shape index (κ2) is 8.84. The molecule has 0 fully saturated rings. The van der Waals surface area contributed by atoms with Gasteiger partial charge in [0.15, 0.2) is 6.10 Å². The zero-order valence-corrected chi connectivity index (χ0v) is 16.3. The molecule has 3 rings (SSSR count). The number of amides is 1. The molecule has 1 N–H and O–H groups in total. The van der Waals surface area contributed by atoms with Crippen molar-refractivity contribution in [3.63, 3.8) is 0 Å². The molecule has 0 saturated carbocycles. The van der Waals surface area contributed by atoms with Crippen molar-refractivity contribution in [2.24, 2.45) is 0 Å². The summed E-state index contributed by atoms with van der Waals surface area (Å²) < 4.78 is 24.4. The number of esters is 1. The van der Waals surface area contributed by atoms with E-state index in [1.165, 1.54) is 30.4 Å². The van der Waals surface area contributed by atoms with E-state index in [1.807, 2.05) is 24.3 Å². The van der Waals surface area contributed by atoms with Crippen molar-refractivity contribution < 1.29 is 23.5 Å². The van der Waals surface area contributed by atoms with Crippen molar-refractivity contribution in [2.75, 3.05) is 13.7 Å². The van der Waals surface area contributed by atoms with E-state index in [9.17, 15) is 14.0 Å². The Labute approximate surface area is 166 Å². The highest BCUT2D eigenvalue weighted by Crippen LogP contribution is 2.27. The molecule has 1 aromatic heterocycles. The summed E-state index contributed by atoms with van der Waals surface area (Å²) in [7, 11) is 1.61. The van der Waals surface area contributed by atoms with Gasteiger partial charge in [-0.3, -0.25) is 4.79 Å². The predicted octanol–water partition coefficient (Wildman–Crippen LogP) is 3.95. The van der Waals surface area contributed by atoms with Gasteiger partial charge in [0.25, 0.3) is 5.91 Å². The topological polar surface area (TPSA) is 64.6 Å². The number of ether oxygens (including phenoxy) is 2. The monoisotopic (exact) mass is 401 g/mol. The molecule has 5 nitrogen and oxygen atoms in total. The van der Waals surface area contributed by atoms with Gasteiger partial charge in [-0.05, 0) is 60.7 Å². The van der Waals surface area contributed by atoms with Gasteiger partial charge in [0, 0.05) is 11.2 Å². The lowest BCUT2D eigenvalue weighted by atomic mass is 10.1. The first-order valence-corrected chi connectivity index (χ1v) is 9.58. The molecule has 146 valence electrons. The second-order valence-corrected chi connectivity index (χ2v) is 7.31. The molecule has 0 aliphatic rings. The van der Waals surface area contributed by atoms with Crippen LogP contribution in [0.4, 0.5) is 4.39 Å². The molecular weight excluding hydrogens is 381 g/mol. The average Bonchev–Trinajstić information content (AvgIpc) is 3.11. The van der Waals surface area contributed by atoms with Gasteiger partial charge < -0.3 is 14.8 Å². The van der Waals surface area contributed by atoms with Gasteiger partial charge >= 0.3 is 5.97 Å². The molecule has 1 atom stereocenters. The summed E-state index contributed by atoms with van der Waals surface area (Å²) in [6, 6.07) is 13.5. The second-order valence-electron chi connectivity index (χ2n) is 6.23. The number of fused-ring (bicyclic) bond motifs is 1. The van der Waals surface area contributed by atoms with Crippen molar-refractivity contribution in [1.82, 2.24) is 5.32 Å². The Kier molecular flexibility index (Phi) is 6.26. The Morgan fingerprint density at radius 1 is 1.14 bits per heavy atom. The van der Waals surface area contributed by atoms with E-state index in [4.69, 9.17) is 9.47 Å². The SMILES string of the molecule is COc1ccc(CCNC(=O)[C@H](C)OC(=O)c2cc3cc(F)ccc3s2)cc1. The highest BCUT2D eigenvalue weighted by atomic mass is 32.1. The lowest BCUT2D eigenvalue weighted by Gasteiger charge is -2.13. The highest BCUT2D eigenvalue weighted by molar-refractivity contribution is 7.20. The third kappa shape index (κ3) is 4.86. The zero-order valence-electron chi connectivity index (χ0n) is 15.5. The molecule has 0 saturated heterocycles. The van der Waals surface area contributed by atoms with E-state index in [0.717, 1.165) is 16.0 Å². The standard InChI is InChI=1S/C21H20FNO4S/c1-13(20(24)23-10-9-14-3-6-17(26-2)7-4-14)27-21(25)19-12-15-11-16(22)5-8-18(15)28-19/h3-8,11-13H,9-10H2,1-2H3,(H,23,24)/t13-/m0/s1. The van der Waals surface area contributed by atoms with Crippen LogP contribution in [-0.4, -0.2) is 31.6 Å². The van der Waals surface area contributed by atoms with Crippen LogP contribution >= 0.6 is 11.3 Å². The van der Waals surface area contributed by atoms with Crippen LogP contribution in [0.5, 0.6) is 5.75 Å². The Balaban J connectivity index is 1.50. The van der Waals surface area contributed by atoms with E-state index in [1.54, 1.807) is 19.2 Å². The van der Waals surface area contributed by atoms with Crippen molar-refractivity contribution in [3.8, 4) is 5.75 Å². The van der Waals surface area contributed by atoms with Crippen LogP contribution in [0.1, 0.15) is 22.2 Å². The fourth-order valence-electron chi connectivity index (χ4n) is 2.65. The number of carbonyl (C=O) groups excluding carboxylic acids is 2. The Bertz CT molecular complexity index is 984. The summed E-state index contributed by atoms with van der Waals surface area (Å²) >= 11 is 1.20. The van der Waals surface area contributed by atoms with Crippen LogP contribution in [0.3, 0.4) is 0 Å². The van der Waals surface area contributed by atoms with Gasteiger partial charge in [-0.15, -0.1) is 11.3 Å². The lowest BCUT2D eigenvalue weighted by Crippen LogP contribution is -2.36. The molecule has 28 heavy (non-hydrogen) atoms. The summed E-state index contributed by atoms with van der Waals surface area (Å²) in [5.41, 5.74) is 1.06. The number of methoxy groups -OCH3 is 1. The third-order valence-electron chi connectivity index (χ3n) is 4.20. The molecule has 0 spiro atoms. The van der Waals surface area contributed by atoms with Gasteiger partial charge in [-0.25, -0.2) is 9.18 Å². The summed E-state index contributed by atoms with van der Waals surface area (Å²) in [5, 5.41) is 3.39. The summed E-state index contributed by atoms with van der Waals surface area (Å²) in [6.07, 6.45) is -0.275. The van der Waals surface area contributed by atoms with Crippen LogP contribution in [-0.2, 0) is 16.0 Å². The van der Waals surface area contributed by atoms with Crippen molar-refractivity contribution in [1.29, 1.82) is 0 Å². The number of thiophene rings is 1. The number of rotatable bonds is 7. The minimum atomic E-state index is -0.926. The van der Waals surface area contributed by atoms with Crippen molar-refractivity contribution in [3.05, 3.63) is 64.8 Å². The van der Waals surface area contributed by atoms with Gasteiger partial charge in [-0.1, -0.05) is 12.1 Å². The molecule has 0 bridgehead atoms. The number of halogens is 1. The molecule has 0 aliphatic carbocycles. The van der Waals surface area contributed by atoms with Crippen LogP contribution < -0.4 is 10.1 Å². The van der Waals surface area contributed by atoms with E-state index in [2.05, 4.69) is 5.32 Å². The average molecular weight is 401 g/mol. The first kappa shape index (κ1) is 19.8. The smallest absolute Gasteiger partial charge is 0.349 e. The number of hydrogen-bond donors (Lipinski definition) is 1. The molecule has 7 heteroatoms. The molecule has 1 heterocycles. The quantitative estimate of drug-likeness (QED) is 0.609. The van der Waals surface area contributed by atoms with E-state index < -0.39 is 12.1 Å². The van der Waals surface area contributed by atoms with Crippen molar-refractivity contribution >= 4 is 33.3 Å². The lowest BCUT2D eigenvalue weighted by molar-refractivity contribution is -0.129. The summed E-state index contributed by atoms with van der Waals surface area (Å²) in [4.78, 5) is 24.8. The Hall–Kier alpha value is -2.93. The zero-order chi connectivity index (χ0) is 20.1. The van der Waals surface area contributed by atoms with Gasteiger partial charge in [-0.2, -0.15) is 0 Å². The fraction of sp³-hybridized carbons (Fsp3) is 0.238. The normalized spacial score (nSPS) is 11.8. The van der Waals surface area contributed by atoms with E-state index in [0.29, 0.717) is 23.2 Å². The van der Waals surface area contributed by atoms with E-state index >= 15 is 0 Å². The fourth-order valence-corrected chi connectivity index (χ4v) is 3.58. The summed E-state index contributed by atoms with van der Waals surface area (Å²) in [5.74, 6) is -0.555. The minimum Gasteiger partial charge on any atom is -0.497 e. The maximum absolute atomic E-state index is 13.3. The summed E-state index contributed by atoms with van der Waals surface area (Å²) in [6.45, 7) is 1.95. The Morgan fingerprint density at radius 3 is 2.61 bits per heavy atom. The van der Waals surface area contributed by atoms with Crippen molar-refractivity contribution in [2.45, 2.75) is 19.4 Å². The van der Waals surface area contributed by atoms with E-state index in [-0.39, 0.29) is 11.7 Å². The maximum Gasteiger partial charge on any atom is 0.349 e. The Morgan fingerprint density at radius 2 is 1.89 bits per heavy atom. The molecular formula is C21H20FNO4S. The minimum absolute atomic E-state index is 0.332. The first-order chi connectivity index (χ1) is 13.5. The number of nitrogens with one attached hydrogen (secondary N) is 1. The third-order valence-corrected chi connectivity index (χ3v) is 5.30. The van der Waals surface area contributed by atoms with Crippen LogP contribution in [0, 0.1) is 5.82 Å². The molecule has 3 aromatic rings. The van der Waals surface area contributed by atoms with Gasteiger partial charge in [0.2, 0.25) is 0 Å². The first-order valence-electron chi connectivity index (χ1n) is 8.77. The van der Waals surface area contributed by atoms with Gasteiger partial charge in [0.1, 0.15) is 16.4 Å². The molecule has 0 unspecified atom stereocenters. The van der Waals surface area contributed by atoms with Gasteiger partial charge in [0.05, 0.1) is 7.11 Å². The van der Waals surface area contributed by atoms with Crippen LogP contribution in [0.2, 0.25) is 0 Å². The van der Waals surface area contributed by atoms with Crippen LogP contribution in [0.15, 0.2) is 48.5 Å². The molecule has 0 aliphatic heterocycles. The predicted molar refractivity (Wildman–Crippen MR) is 106 cm³/mol. The van der Waals surface area contributed by atoms with Crippen LogP contribution in [0.25, 0.3) is 10.1 Å². The highest BCUT2D eigenvalue weighted by Gasteiger charge is 2.20.